The van der Waals surface area contributed by atoms with Gasteiger partial charge >= 0.3 is 0 Å². The zero-order chi connectivity index (χ0) is 25.7. The second-order valence-corrected chi connectivity index (χ2v) is 10.1. The Kier molecular flexibility index (Phi) is 5.89. The lowest BCUT2D eigenvalue weighted by Gasteiger charge is -2.38. The first-order chi connectivity index (χ1) is 18.0. The summed E-state index contributed by atoms with van der Waals surface area (Å²) in [4.78, 5) is 23.8. The van der Waals surface area contributed by atoms with E-state index in [1.54, 1.807) is 10.7 Å². The van der Waals surface area contributed by atoms with Crippen molar-refractivity contribution in [3.05, 3.63) is 65.6 Å². The molecular formula is C28H30N6O3. The second kappa shape index (κ2) is 9.24. The normalized spacial score (nSPS) is 21.1. The number of nitrogen functional groups attached to an aromatic ring is 1. The third kappa shape index (κ3) is 4.04. The Balaban J connectivity index is 1.31. The SMILES string of the molecule is Cc1ccc(-c2ccc(-c3cnn4c(N)cc(C5CC6CC[C@@H](C5)N6C(=O)CO)nc34)cn2)cc1CO. The van der Waals surface area contributed by atoms with E-state index in [9.17, 15) is 15.0 Å². The Morgan fingerprint density at radius 1 is 1.05 bits per heavy atom. The summed E-state index contributed by atoms with van der Waals surface area (Å²) in [6.07, 6.45) is 7.13. The molecule has 3 atom stereocenters. The van der Waals surface area contributed by atoms with Crippen molar-refractivity contribution < 1.29 is 15.0 Å². The number of nitrogens with two attached hydrogens (primary N) is 1. The van der Waals surface area contributed by atoms with Gasteiger partial charge < -0.3 is 20.8 Å². The molecule has 37 heavy (non-hydrogen) atoms. The maximum atomic E-state index is 12.2. The number of aliphatic hydroxyl groups excluding tert-OH is 2. The zero-order valence-electron chi connectivity index (χ0n) is 20.7. The monoisotopic (exact) mass is 498 g/mol. The Bertz CT molecular complexity index is 1470. The lowest BCUT2D eigenvalue weighted by atomic mass is 9.87. The molecule has 1 aromatic carbocycles. The number of aromatic nitrogens is 4. The molecule has 3 aromatic heterocycles. The zero-order valence-corrected chi connectivity index (χ0v) is 20.7. The summed E-state index contributed by atoms with van der Waals surface area (Å²) in [7, 11) is 0. The number of aliphatic hydroxyl groups is 2. The molecule has 6 rings (SSSR count). The summed E-state index contributed by atoms with van der Waals surface area (Å²) in [5.41, 5.74) is 13.5. The van der Waals surface area contributed by atoms with Crippen molar-refractivity contribution in [3.63, 3.8) is 0 Å². The standard InChI is InChI=1S/C28H30N6O3/c1-16-2-3-17(8-20(16)14-35)24-7-4-18(12-30-24)23-13-31-34-26(29)11-25(32-28(23)34)19-9-21-5-6-22(10-19)33(21)27(37)15-36/h2-4,7-8,11-13,19,21-22,35-36H,5-6,9-10,14-15,29H2,1H3/t19?,21-,22?/m0/s1. The van der Waals surface area contributed by atoms with Gasteiger partial charge in [-0.1, -0.05) is 18.2 Å². The van der Waals surface area contributed by atoms with Crippen LogP contribution in [0.3, 0.4) is 0 Å². The summed E-state index contributed by atoms with van der Waals surface area (Å²) in [6.45, 7) is 1.54. The molecule has 0 aliphatic carbocycles. The van der Waals surface area contributed by atoms with Crippen LogP contribution in [0, 0.1) is 6.92 Å². The number of piperidine rings is 1. The van der Waals surface area contributed by atoms with Crippen LogP contribution in [0.5, 0.6) is 0 Å². The lowest BCUT2D eigenvalue weighted by molar-refractivity contribution is -0.138. The highest BCUT2D eigenvalue weighted by Crippen LogP contribution is 2.43. The van der Waals surface area contributed by atoms with Gasteiger partial charge in [-0.3, -0.25) is 9.78 Å². The number of anilines is 1. The molecule has 2 unspecified atom stereocenters. The topological polar surface area (TPSA) is 130 Å². The average molecular weight is 499 g/mol. The molecule has 2 fully saturated rings. The highest BCUT2D eigenvalue weighted by Gasteiger charge is 2.43. The van der Waals surface area contributed by atoms with Crippen molar-refractivity contribution in [1.29, 1.82) is 0 Å². The molecule has 5 heterocycles. The molecule has 9 nitrogen and oxygen atoms in total. The summed E-state index contributed by atoms with van der Waals surface area (Å²) in [6, 6.07) is 12.1. The van der Waals surface area contributed by atoms with Gasteiger partial charge in [0.15, 0.2) is 5.65 Å². The quantitative estimate of drug-likeness (QED) is 0.386. The molecule has 0 radical (unpaired) electrons. The largest absolute Gasteiger partial charge is 0.392 e. The maximum Gasteiger partial charge on any atom is 0.248 e. The van der Waals surface area contributed by atoms with Gasteiger partial charge in [0.05, 0.1) is 18.5 Å². The molecule has 4 aromatic rings. The fourth-order valence-corrected chi connectivity index (χ4v) is 6.05. The molecule has 0 spiro atoms. The molecule has 4 N–H and O–H groups in total. The fourth-order valence-electron chi connectivity index (χ4n) is 6.05. The Morgan fingerprint density at radius 2 is 1.81 bits per heavy atom. The molecule has 0 saturated carbocycles. The Morgan fingerprint density at radius 3 is 2.49 bits per heavy atom. The molecule has 2 aliphatic rings. The van der Waals surface area contributed by atoms with Crippen molar-refractivity contribution in [1.82, 2.24) is 24.5 Å². The van der Waals surface area contributed by atoms with E-state index < -0.39 is 6.61 Å². The summed E-state index contributed by atoms with van der Waals surface area (Å²) < 4.78 is 1.65. The molecule has 2 bridgehead atoms. The van der Waals surface area contributed by atoms with E-state index in [1.807, 2.05) is 54.4 Å². The van der Waals surface area contributed by atoms with E-state index in [1.165, 1.54) is 0 Å². The van der Waals surface area contributed by atoms with E-state index in [-0.39, 0.29) is 30.5 Å². The van der Waals surface area contributed by atoms with Gasteiger partial charge in [0.25, 0.3) is 0 Å². The number of benzene rings is 1. The van der Waals surface area contributed by atoms with Crippen molar-refractivity contribution >= 4 is 17.4 Å². The van der Waals surface area contributed by atoms with Crippen LogP contribution < -0.4 is 5.73 Å². The van der Waals surface area contributed by atoms with Crippen molar-refractivity contribution in [2.24, 2.45) is 0 Å². The first-order valence-corrected chi connectivity index (χ1v) is 12.7. The number of nitrogens with zero attached hydrogens (tertiary/aromatic N) is 5. The predicted octanol–water partition coefficient (Wildman–Crippen LogP) is 3.07. The Hall–Kier alpha value is -3.82. The number of hydrogen-bond donors (Lipinski definition) is 3. The summed E-state index contributed by atoms with van der Waals surface area (Å²) in [5, 5.41) is 23.5. The van der Waals surface area contributed by atoms with Crippen molar-refractivity contribution in [2.75, 3.05) is 12.3 Å². The molecule has 190 valence electrons. The third-order valence-electron chi connectivity index (χ3n) is 7.98. The van der Waals surface area contributed by atoms with Gasteiger partial charge in [0.1, 0.15) is 12.4 Å². The molecule has 2 aliphatic heterocycles. The van der Waals surface area contributed by atoms with Gasteiger partial charge in [-0.2, -0.15) is 9.61 Å². The number of pyridine rings is 1. The first-order valence-electron chi connectivity index (χ1n) is 12.7. The average Bonchev–Trinajstić information content (AvgIpc) is 3.47. The number of aryl methyl sites for hydroxylation is 1. The van der Waals surface area contributed by atoms with Gasteiger partial charge in [-0.05, 0) is 55.9 Å². The van der Waals surface area contributed by atoms with Crippen LogP contribution in [-0.4, -0.2) is 59.3 Å². The predicted molar refractivity (Wildman–Crippen MR) is 139 cm³/mol. The van der Waals surface area contributed by atoms with Crippen LogP contribution in [-0.2, 0) is 11.4 Å². The minimum absolute atomic E-state index is 0.00611. The van der Waals surface area contributed by atoms with Gasteiger partial charge in [0.2, 0.25) is 5.91 Å². The number of amides is 1. The van der Waals surface area contributed by atoms with Crippen LogP contribution >= 0.6 is 0 Å². The van der Waals surface area contributed by atoms with Crippen molar-refractivity contribution in [3.8, 4) is 22.4 Å². The van der Waals surface area contributed by atoms with E-state index in [2.05, 4.69) is 10.1 Å². The van der Waals surface area contributed by atoms with Crippen LogP contribution in [0.15, 0.2) is 48.8 Å². The van der Waals surface area contributed by atoms with Crippen LogP contribution in [0.1, 0.15) is 48.4 Å². The molecular weight excluding hydrogens is 468 g/mol. The minimum atomic E-state index is -0.437. The summed E-state index contributed by atoms with van der Waals surface area (Å²) in [5.74, 6) is 0.535. The fraction of sp³-hybridized carbons (Fsp3) is 0.357. The highest BCUT2D eigenvalue weighted by molar-refractivity contribution is 5.79. The minimum Gasteiger partial charge on any atom is -0.392 e. The third-order valence-corrected chi connectivity index (χ3v) is 7.98. The molecule has 1 amide bonds. The van der Waals surface area contributed by atoms with Crippen molar-refractivity contribution in [2.45, 2.75) is 57.2 Å². The molecule has 2 saturated heterocycles. The number of rotatable bonds is 5. The smallest absolute Gasteiger partial charge is 0.248 e. The first kappa shape index (κ1) is 23.6. The number of carbonyl (C=O) groups excluding carboxylic acids is 1. The van der Waals surface area contributed by atoms with E-state index in [0.29, 0.717) is 11.5 Å². The van der Waals surface area contributed by atoms with E-state index >= 15 is 0 Å². The van der Waals surface area contributed by atoms with Crippen LogP contribution in [0.4, 0.5) is 5.82 Å². The number of fused-ring (bicyclic) bond motifs is 3. The van der Waals surface area contributed by atoms with Gasteiger partial charge in [-0.25, -0.2) is 4.98 Å². The lowest BCUT2D eigenvalue weighted by Crippen LogP contribution is -2.47. The van der Waals surface area contributed by atoms with Crippen LogP contribution in [0.25, 0.3) is 28.0 Å². The van der Waals surface area contributed by atoms with E-state index in [4.69, 9.17) is 10.7 Å². The van der Waals surface area contributed by atoms with E-state index in [0.717, 1.165) is 64.9 Å². The highest BCUT2D eigenvalue weighted by atomic mass is 16.3. The number of hydrogen-bond acceptors (Lipinski definition) is 7. The maximum absolute atomic E-state index is 12.2. The summed E-state index contributed by atoms with van der Waals surface area (Å²) >= 11 is 0. The second-order valence-electron chi connectivity index (χ2n) is 10.1. The number of carbonyl (C=O) groups is 1. The van der Waals surface area contributed by atoms with Gasteiger partial charge in [0, 0.05) is 52.6 Å². The van der Waals surface area contributed by atoms with Gasteiger partial charge in [-0.15, -0.1) is 0 Å². The molecule has 9 heteroatoms. The Labute approximate surface area is 214 Å². The van der Waals surface area contributed by atoms with Crippen LogP contribution in [0.2, 0.25) is 0 Å².